The normalized spacial score (nSPS) is 10.1. The van der Waals surface area contributed by atoms with E-state index in [0.717, 1.165) is 5.56 Å². The summed E-state index contributed by atoms with van der Waals surface area (Å²) in [5.74, 6) is -1.35. The zero-order valence-electron chi connectivity index (χ0n) is 7.37. The predicted molar refractivity (Wildman–Crippen MR) is 46.8 cm³/mol. The molecule has 76 valence electrons. The lowest BCUT2D eigenvalue weighted by molar-refractivity contribution is -0.145. The van der Waals surface area contributed by atoms with Gasteiger partial charge in [-0.15, -0.1) is 0 Å². The lowest BCUT2D eigenvalue weighted by Crippen LogP contribution is -2.19. The highest BCUT2D eigenvalue weighted by molar-refractivity contribution is 5.67. The maximum absolute atomic E-state index is 12.5. The van der Waals surface area contributed by atoms with Gasteiger partial charge in [0, 0.05) is 6.54 Å². The molecule has 4 nitrogen and oxygen atoms in total. The van der Waals surface area contributed by atoms with Crippen LogP contribution in [-0.4, -0.2) is 17.7 Å². The molecule has 0 heterocycles. The standard InChI is InChI=1S/C9H10FNO3/c10-8-3-1-7(2-4-8)5-11-14-6-9(12)13/h1-4,11H,5-6H2,(H,12,13). The zero-order valence-corrected chi connectivity index (χ0v) is 7.37. The molecule has 1 aromatic rings. The number of carbonyl (C=O) groups is 1. The lowest BCUT2D eigenvalue weighted by Gasteiger charge is -2.03. The first-order valence-corrected chi connectivity index (χ1v) is 3.99. The van der Waals surface area contributed by atoms with Crippen LogP contribution in [0.4, 0.5) is 4.39 Å². The number of rotatable bonds is 5. The molecule has 0 fully saturated rings. The Labute approximate surface area is 80.3 Å². The van der Waals surface area contributed by atoms with Crippen molar-refractivity contribution in [2.75, 3.05) is 6.61 Å². The van der Waals surface area contributed by atoms with Gasteiger partial charge in [0.25, 0.3) is 0 Å². The summed E-state index contributed by atoms with van der Waals surface area (Å²) in [6.45, 7) is -0.0608. The number of halogens is 1. The molecule has 0 amide bonds. The molecule has 0 unspecified atom stereocenters. The zero-order chi connectivity index (χ0) is 10.4. The summed E-state index contributed by atoms with van der Waals surface area (Å²) in [5, 5.41) is 8.23. The van der Waals surface area contributed by atoms with Crippen molar-refractivity contribution in [3.63, 3.8) is 0 Å². The van der Waals surface area contributed by atoms with E-state index >= 15 is 0 Å². The van der Waals surface area contributed by atoms with E-state index in [-0.39, 0.29) is 5.82 Å². The van der Waals surface area contributed by atoms with Gasteiger partial charge in [0.1, 0.15) is 5.82 Å². The number of hydrogen-bond acceptors (Lipinski definition) is 3. The van der Waals surface area contributed by atoms with Gasteiger partial charge in [-0.2, -0.15) is 5.48 Å². The Balaban J connectivity index is 2.25. The average Bonchev–Trinajstić information content (AvgIpc) is 2.15. The molecule has 0 aliphatic carbocycles. The molecule has 0 saturated heterocycles. The van der Waals surface area contributed by atoms with Crippen LogP contribution in [0.15, 0.2) is 24.3 Å². The van der Waals surface area contributed by atoms with Crippen LogP contribution in [0.1, 0.15) is 5.56 Å². The highest BCUT2D eigenvalue weighted by Gasteiger charge is 1.96. The van der Waals surface area contributed by atoms with Crippen molar-refractivity contribution < 1.29 is 19.1 Å². The van der Waals surface area contributed by atoms with E-state index in [1.165, 1.54) is 12.1 Å². The van der Waals surface area contributed by atoms with Crippen LogP contribution in [-0.2, 0) is 16.2 Å². The molecular weight excluding hydrogens is 189 g/mol. The Morgan fingerprint density at radius 1 is 1.43 bits per heavy atom. The van der Waals surface area contributed by atoms with E-state index < -0.39 is 12.6 Å². The van der Waals surface area contributed by atoms with Crippen LogP contribution in [0.3, 0.4) is 0 Å². The smallest absolute Gasteiger partial charge is 0.331 e. The molecule has 14 heavy (non-hydrogen) atoms. The number of hydroxylamine groups is 1. The van der Waals surface area contributed by atoms with Crippen molar-refractivity contribution in [2.24, 2.45) is 0 Å². The van der Waals surface area contributed by atoms with E-state index in [1.54, 1.807) is 12.1 Å². The summed E-state index contributed by atoms with van der Waals surface area (Å²) < 4.78 is 12.5. The summed E-state index contributed by atoms with van der Waals surface area (Å²) in [5.41, 5.74) is 3.27. The molecule has 5 heteroatoms. The second kappa shape index (κ2) is 5.31. The van der Waals surface area contributed by atoms with Crippen molar-refractivity contribution in [2.45, 2.75) is 6.54 Å². The fourth-order valence-electron chi connectivity index (χ4n) is 0.849. The van der Waals surface area contributed by atoms with Crippen LogP contribution in [0.5, 0.6) is 0 Å². The molecule has 0 aliphatic heterocycles. The largest absolute Gasteiger partial charge is 0.479 e. The Kier molecular flexibility index (Phi) is 4.03. The Bertz CT molecular complexity index is 299. The number of nitrogens with one attached hydrogen (secondary N) is 1. The van der Waals surface area contributed by atoms with Crippen LogP contribution < -0.4 is 5.48 Å². The molecule has 1 rings (SSSR count). The van der Waals surface area contributed by atoms with Gasteiger partial charge in [0.2, 0.25) is 0 Å². The third kappa shape index (κ3) is 3.97. The molecule has 0 saturated carbocycles. The molecule has 0 spiro atoms. The molecule has 2 N–H and O–H groups in total. The number of benzene rings is 1. The topological polar surface area (TPSA) is 58.6 Å². The van der Waals surface area contributed by atoms with Gasteiger partial charge in [-0.3, -0.25) is 4.84 Å². The maximum atomic E-state index is 12.5. The minimum absolute atomic E-state index is 0.305. The SMILES string of the molecule is O=C(O)CONCc1ccc(F)cc1. The van der Waals surface area contributed by atoms with Gasteiger partial charge in [-0.1, -0.05) is 12.1 Å². The van der Waals surface area contributed by atoms with Gasteiger partial charge in [0.05, 0.1) is 0 Å². The highest BCUT2D eigenvalue weighted by Crippen LogP contribution is 2.01. The van der Waals surface area contributed by atoms with E-state index in [1.807, 2.05) is 0 Å². The summed E-state index contributed by atoms with van der Waals surface area (Å²) in [4.78, 5) is 14.6. The number of carboxylic acids is 1. The van der Waals surface area contributed by atoms with Crippen molar-refractivity contribution in [1.29, 1.82) is 0 Å². The maximum Gasteiger partial charge on any atom is 0.331 e. The Morgan fingerprint density at radius 2 is 2.07 bits per heavy atom. The van der Waals surface area contributed by atoms with Crippen LogP contribution >= 0.6 is 0 Å². The summed E-state index contributed by atoms with van der Waals surface area (Å²) in [6.07, 6.45) is 0. The Morgan fingerprint density at radius 3 is 2.64 bits per heavy atom. The predicted octanol–water partition coefficient (Wildman–Crippen LogP) is 0.931. The minimum Gasteiger partial charge on any atom is -0.479 e. The van der Waals surface area contributed by atoms with Crippen LogP contribution in [0.25, 0.3) is 0 Å². The number of hydrogen-bond donors (Lipinski definition) is 2. The molecule has 0 aliphatic rings. The van der Waals surface area contributed by atoms with Crippen molar-refractivity contribution in [3.8, 4) is 0 Å². The number of carboxylic acid groups (broad SMARTS) is 1. The van der Waals surface area contributed by atoms with Gasteiger partial charge in [-0.25, -0.2) is 9.18 Å². The van der Waals surface area contributed by atoms with Gasteiger partial charge in [0.15, 0.2) is 6.61 Å². The summed E-state index contributed by atoms with van der Waals surface area (Å²) in [7, 11) is 0. The van der Waals surface area contributed by atoms with Crippen molar-refractivity contribution >= 4 is 5.97 Å². The molecule has 0 atom stereocenters. The van der Waals surface area contributed by atoms with Gasteiger partial charge in [-0.05, 0) is 17.7 Å². The van der Waals surface area contributed by atoms with Crippen molar-refractivity contribution in [1.82, 2.24) is 5.48 Å². The molecule has 1 aromatic carbocycles. The fraction of sp³-hybridized carbons (Fsp3) is 0.222. The lowest BCUT2D eigenvalue weighted by atomic mass is 10.2. The monoisotopic (exact) mass is 199 g/mol. The van der Waals surface area contributed by atoms with Gasteiger partial charge < -0.3 is 5.11 Å². The van der Waals surface area contributed by atoms with Crippen molar-refractivity contribution in [3.05, 3.63) is 35.6 Å². The van der Waals surface area contributed by atoms with E-state index in [9.17, 15) is 9.18 Å². The molecule has 0 bridgehead atoms. The average molecular weight is 199 g/mol. The Hall–Kier alpha value is -1.46. The first kappa shape index (κ1) is 10.6. The van der Waals surface area contributed by atoms with Crippen LogP contribution in [0, 0.1) is 5.82 Å². The second-order valence-corrected chi connectivity index (χ2v) is 2.63. The van der Waals surface area contributed by atoms with Crippen LogP contribution in [0.2, 0.25) is 0 Å². The second-order valence-electron chi connectivity index (χ2n) is 2.63. The first-order chi connectivity index (χ1) is 6.68. The first-order valence-electron chi connectivity index (χ1n) is 3.99. The summed E-state index contributed by atoms with van der Waals surface area (Å²) >= 11 is 0. The molecule has 0 radical (unpaired) electrons. The highest BCUT2D eigenvalue weighted by atomic mass is 19.1. The van der Waals surface area contributed by atoms with E-state index in [0.29, 0.717) is 6.54 Å². The third-order valence-electron chi connectivity index (χ3n) is 1.49. The quantitative estimate of drug-likeness (QED) is 0.547. The fourth-order valence-corrected chi connectivity index (χ4v) is 0.849. The third-order valence-corrected chi connectivity index (χ3v) is 1.49. The van der Waals surface area contributed by atoms with Gasteiger partial charge >= 0.3 is 5.97 Å². The molecule has 0 aromatic heterocycles. The van der Waals surface area contributed by atoms with E-state index in [2.05, 4.69) is 10.3 Å². The molecular formula is C9H10FNO3. The number of aliphatic carboxylic acids is 1. The van der Waals surface area contributed by atoms with E-state index in [4.69, 9.17) is 5.11 Å². The summed E-state index contributed by atoms with van der Waals surface area (Å²) in [6, 6.07) is 5.83. The minimum atomic E-state index is -1.04.